The molecular formula is C12H14N2S. The molecule has 0 fully saturated rings. The van der Waals surface area contributed by atoms with Gasteiger partial charge in [-0.15, -0.1) is 11.3 Å². The zero-order chi connectivity index (χ0) is 10.7. The fraction of sp³-hybridized carbons (Fsp3) is 0.250. The van der Waals surface area contributed by atoms with E-state index in [0.29, 0.717) is 0 Å². The van der Waals surface area contributed by atoms with E-state index >= 15 is 0 Å². The summed E-state index contributed by atoms with van der Waals surface area (Å²) in [6.45, 7) is 2.13. The number of aromatic nitrogens is 1. The summed E-state index contributed by atoms with van der Waals surface area (Å²) in [4.78, 5) is 4.55. The van der Waals surface area contributed by atoms with Crippen LogP contribution < -0.4 is 5.32 Å². The van der Waals surface area contributed by atoms with Gasteiger partial charge in [0, 0.05) is 23.7 Å². The third-order valence-corrected chi connectivity index (χ3v) is 3.32. The van der Waals surface area contributed by atoms with Gasteiger partial charge in [-0.25, -0.2) is 4.98 Å². The molecule has 1 N–H and O–H groups in total. The Bertz CT molecular complexity index is 431. The van der Waals surface area contributed by atoms with Crippen molar-refractivity contribution in [2.45, 2.75) is 13.3 Å². The molecule has 0 saturated carbocycles. The first-order valence-corrected chi connectivity index (χ1v) is 5.94. The Balaban J connectivity index is 2.28. The molecule has 78 valence electrons. The van der Waals surface area contributed by atoms with Gasteiger partial charge in [-0.3, -0.25) is 0 Å². The Hall–Kier alpha value is -1.35. The molecule has 0 unspecified atom stereocenters. The molecule has 1 heterocycles. The van der Waals surface area contributed by atoms with Crippen LogP contribution in [0.15, 0.2) is 29.6 Å². The molecule has 0 saturated heterocycles. The lowest BCUT2D eigenvalue weighted by molar-refractivity contribution is 1.10. The molecule has 0 atom stereocenters. The first kappa shape index (κ1) is 10.2. The van der Waals surface area contributed by atoms with Gasteiger partial charge in [0.2, 0.25) is 0 Å². The van der Waals surface area contributed by atoms with Gasteiger partial charge >= 0.3 is 0 Å². The van der Waals surface area contributed by atoms with Gasteiger partial charge in [-0.1, -0.05) is 19.1 Å². The number of rotatable bonds is 3. The van der Waals surface area contributed by atoms with Gasteiger partial charge in [0.15, 0.2) is 0 Å². The third-order valence-electron chi connectivity index (χ3n) is 2.32. The highest BCUT2D eigenvalue weighted by Crippen LogP contribution is 2.23. The van der Waals surface area contributed by atoms with Gasteiger partial charge in [0.05, 0.1) is 10.7 Å². The van der Waals surface area contributed by atoms with Crippen molar-refractivity contribution < 1.29 is 0 Å². The van der Waals surface area contributed by atoms with Crippen LogP contribution in [0, 0.1) is 0 Å². The molecule has 0 aliphatic heterocycles. The molecular weight excluding hydrogens is 204 g/mol. The van der Waals surface area contributed by atoms with Gasteiger partial charge in [-0.2, -0.15) is 0 Å². The second-order valence-electron chi connectivity index (χ2n) is 3.31. The predicted octanol–water partition coefficient (Wildman–Crippen LogP) is 3.41. The number of thiazole rings is 1. The first-order chi connectivity index (χ1) is 7.33. The minimum atomic E-state index is 1.01. The molecule has 3 heteroatoms. The van der Waals surface area contributed by atoms with Crippen molar-refractivity contribution in [1.82, 2.24) is 4.98 Å². The van der Waals surface area contributed by atoms with Crippen LogP contribution in [-0.4, -0.2) is 12.0 Å². The van der Waals surface area contributed by atoms with Crippen molar-refractivity contribution >= 4 is 17.0 Å². The maximum atomic E-state index is 4.55. The summed E-state index contributed by atoms with van der Waals surface area (Å²) < 4.78 is 0. The predicted molar refractivity (Wildman–Crippen MR) is 66.5 cm³/mol. The Morgan fingerprint density at radius 3 is 2.53 bits per heavy atom. The molecule has 0 spiro atoms. The Labute approximate surface area is 94.0 Å². The smallest absolute Gasteiger partial charge is 0.0929 e. The van der Waals surface area contributed by atoms with Crippen LogP contribution in [0.1, 0.15) is 11.9 Å². The van der Waals surface area contributed by atoms with E-state index in [0.717, 1.165) is 17.8 Å². The molecule has 2 rings (SSSR count). The van der Waals surface area contributed by atoms with Gasteiger partial charge < -0.3 is 5.32 Å². The third kappa shape index (κ3) is 2.18. The number of benzene rings is 1. The summed E-state index contributed by atoms with van der Waals surface area (Å²) in [5.41, 5.74) is 3.40. The van der Waals surface area contributed by atoms with Crippen LogP contribution in [-0.2, 0) is 6.42 Å². The van der Waals surface area contributed by atoms with E-state index in [9.17, 15) is 0 Å². The highest BCUT2D eigenvalue weighted by molar-refractivity contribution is 7.09. The van der Waals surface area contributed by atoms with Gasteiger partial charge in [-0.05, 0) is 18.6 Å². The van der Waals surface area contributed by atoms with E-state index in [4.69, 9.17) is 0 Å². The van der Waals surface area contributed by atoms with Crippen molar-refractivity contribution in [3.05, 3.63) is 34.7 Å². The quantitative estimate of drug-likeness (QED) is 0.854. The van der Waals surface area contributed by atoms with E-state index in [2.05, 4.69) is 46.9 Å². The number of anilines is 1. The minimum Gasteiger partial charge on any atom is -0.388 e. The molecule has 0 bridgehead atoms. The zero-order valence-electron chi connectivity index (χ0n) is 8.95. The zero-order valence-corrected chi connectivity index (χ0v) is 9.77. The fourth-order valence-electron chi connectivity index (χ4n) is 1.41. The lowest BCUT2D eigenvalue weighted by atomic mass is 10.1. The van der Waals surface area contributed by atoms with Gasteiger partial charge in [0.25, 0.3) is 0 Å². The second-order valence-corrected chi connectivity index (χ2v) is 4.25. The van der Waals surface area contributed by atoms with E-state index in [-0.39, 0.29) is 0 Å². The SMILES string of the molecule is CCc1nc(-c2ccc(NC)cc2)cs1. The molecule has 2 nitrogen and oxygen atoms in total. The molecule has 1 aromatic heterocycles. The van der Waals surface area contributed by atoms with Crippen LogP contribution >= 0.6 is 11.3 Å². The number of nitrogens with one attached hydrogen (secondary N) is 1. The van der Waals surface area contributed by atoms with E-state index in [1.165, 1.54) is 10.6 Å². The Kier molecular flexibility index (Phi) is 3.02. The van der Waals surface area contributed by atoms with Crippen molar-refractivity contribution in [3.8, 4) is 11.3 Å². The first-order valence-electron chi connectivity index (χ1n) is 5.06. The van der Waals surface area contributed by atoms with Crippen molar-refractivity contribution in [2.75, 3.05) is 12.4 Å². The van der Waals surface area contributed by atoms with Crippen molar-refractivity contribution in [2.24, 2.45) is 0 Å². The van der Waals surface area contributed by atoms with E-state index < -0.39 is 0 Å². The molecule has 15 heavy (non-hydrogen) atoms. The van der Waals surface area contributed by atoms with Crippen LogP contribution in [0.4, 0.5) is 5.69 Å². The lowest BCUT2D eigenvalue weighted by Crippen LogP contribution is -1.87. The maximum Gasteiger partial charge on any atom is 0.0929 e. The van der Waals surface area contributed by atoms with Crippen molar-refractivity contribution in [1.29, 1.82) is 0 Å². The normalized spacial score (nSPS) is 10.3. The summed E-state index contributed by atoms with van der Waals surface area (Å²) in [7, 11) is 1.92. The molecule has 0 aliphatic rings. The standard InChI is InChI=1S/C12H14N2S/c1-3-12-14-11(8-15-12)9-4-6-10(13-2)7-5-9/h4-8,13H,3H2,1-2H3. The number of aryl methyl sites for hydroxylation is 1. The van der Waals surface area contributed by atoms with Crippen LogP contribution in [0.25, 0.3) is 11.3 Å². The highest BCUT2D eigenvalue weighted by atomic mass is 32.1. The van der Waals surface area contributed by atoms with Crippen LogP contribution in [0.5, 0.6) is 0 Å². The average Bonchev–Trinajstić information content (AvgIpc) is 2.78. The molecule has 0 aliphatic carbocycles. The number of nitrogens with zero attached hydrogens (tertiary/aromatic N) is 1. The summed E-state index contributed by atoms with van der Waals surface area (Å²) in [6, 6.07) is 8.33. The summed E-state index contributed by atoms with van der Waals surface area (Å²) in [6.07, 6.45) is 1.01. The molecule has 1 aromatic carbocycles. The molecule has 0 radical (unpaired) electrons. The fourth-order valence-corrected chi connectivity index (χ4v) is 2.17. The monoisotopic (exact) mass is 218 g/mol. The topological polar surface area (TPSA) is 24.9 Å². The maximum absolute atomic E-state index is 4.55. The Morgan fingerprint density at radius 2 is 2.00 bits per heavy atom. The van der Waals surface area contributed by atoms with E-state index in [1.807, 2.05) is 7.05 Å². The summed E-state index contributed by atoms with van der Waals surface area (Å²) in [5, 5.41) is 6.42. The summed E-state index contributed by atoms with van der Waals surface area (Å²) in [5.74, 6) is 0. The minimum absolute atomic E-state index is 1.01. The Morgan fingerprint density at radius 1 is 1.27 bits per heavy atom. The van der Waals surface area contributed by atoms with Gasteiger partial charge in [0.1, 0.15) is 0 Å². The lowest BCUT2D eigenvalue weighted by Gasteiger charge is -2.00. The van der Waals surface area contributed by atoms with E-state index in [1.54, 1.807) is 11.3 Å². The number of hydrogen-bond donors (Lipinski definition) is 1. The summed E-state index contributed by atoms with van der Waals surface area (Å²) >= 11 is 1.73. The van der Waals surface area contributed by atoms with Crippen LogP contribution in [0.2, 0.25) is 0 Å². The highest BCUT2D eigenvalue weighted by Gasteiger charge is 2.02. The van der Waals surface area contributed by atoms with Crippen LogP contribution in [0.3, 0.4) is 0 Å². The number of hydrogen-bond acceptors (Lipinski definition) is 3. The largest absolute Gasteiger partial charge is 0.388 e. The molecule has 0 amide bonds. The average molecular weight is 218 g/mol. The molecule has 2 aromatic rings. The second kappa shape index (κ2) is 4.45. The van der Waals surface area contributed by atoms with Crippen molar-refractivity contribution in [3.63, 3.8) is 0 Å².